The molecular formula is C11H14F5N3O4. The zero-order chi connectivity index (χ0) is 18.2. The zero-order valence-corrected chi connectivity index (χ0v) is 11.8. The maximum Gasteiger partial charge on any atom is 0.490 e. The number of carboxylic acids is 1. The smallest absolute Gasteiger partial charge is 0.475 e. The summed E-state index contributed by atoms with van der Waals surface area (Å²) >= 11 is 0. The Morgan fingerprint density at radius 1 is 1.43 bits per heavy atom. The molecule has 0 aliphatic carbocycles. The van der Waals surface area contributed by atoms with Gasteiger partial charge in [0.2, 0.25) is 0 Å². The fourth-order valence-corrected chi connectivity index (χ4v) is 1.21. The van der Waals surface area contributed by atoms with Gasteiger partial charge in [-0.1, -0.05) is 0 Å². The van der Waals surface area contributed by atoms with Gasteiger partial charge in [-0.15, -0.1) is 0 Å². The number of aliphatic carboxylic acids is 1. The van der Waals surface area contributed by atoms with Gasteiger partial charge in [-0.25, -0.2) is 18.4 Å². The van der Waals surface area contributed by atoms with E-state index in [1.807, 2.05) is 0 Å². The Morgan fingerprint density at radius 3 is 2.30 bits per heavy atom. The number of hydrogen-bond donors (Lipinski definition) is 2. The van der Waals surface area contributed by atoms with Crippen molar-refractivity contribution in [3.05, 3.63) is 17.5 Å². The molecule has 1 aromatic rings. The summed E-state index contributed by atoms with van der Waals surface area (Å²) in [5.41, 5.74) is 4.81. The van der Waals surface area contributed by atoms with Gasteiger partial charge < -0.3 is 15.6 Å². The summed E-state index contributed by atoms with van der Waals surface area (Å²) in [4.78, 5) is 20.2. The molecule has 0 spiro atoms. The van der Waals surface area contributed by atoms with E-state index in [1.165, 1.54) is 0 Å². The number of alkyl halides is 5. The minimum atomic E-state index is -5.08. The SMILES string of the molecule is CCOC(=O)c1cc(C(F)F)n(CCN)n1.O=C(O)C(F)(F)F. The van der Waals surface area contributed by atoms with Crippen LogP contribution in [0.5, 0.6) is 0 Å². The van der Waals surface area contributed by atoms with Gasteiger partial charge >= 0.3 is 18.1 Å². The molecule has 0 aliphatic rings. The van der Waals surface area contributed by atoms with Crippen molar-refractivity contribution in [2.75, 3.05) is 13.2 Å². The van der Waals surface area contributed by atoms with Crippen molar-refractivity contribution in [3.63, 3.8) is 0 Å². The van der Waals surface area contributed by atoms with Crippen molar-refractivity contribution in [2.24, 2.45) is 5.73 Å². The molecule has 0 unspecified atom stereocenters. The first-order valence-electron chi connectivity index (χ1n) is 6.07. The summed E-state index contributed by atoms with van der Waals surface area (Å²) in [6.07, 6.45) is -7.78. The average Bonchev–Trinajstić information content (AvgIpc) is 2.83. The summed E-state index contributed by atoms with van der Waals surface area (Å²) in [5.74, 6) is -3.47. The van der Waals surface area contributed by atoms with Gasteiger partial charge in [-0.05, 0) is 6.92 Å². The summed E-state index contributed by atoms with van der Waals surface area (Å²) in [6.45, 7) is 2.11. The van der Waals surface area contributed by atoms with Gasteiger partial charge in [0.05, 0.1) is 13.2 Å². The number of halogens is 5. The van der Waals surface area contributed by atoms with Crippen molar-refractivity contribution in [3.8, 4) is 0 Å². The number of rotatable bonds is 5. The van der Waals surface area contributed by atoms with E-state index in [0.29, 0.717) is 0 Å². The van der Waals surface area contributed by atoms with Crippen molar-refractivity contribution in [1.29, 1.82) is 0 Å². The van der Waals surface area contributed by atoms with Crippen LogP contribution in [0.4, 0.5) is 22.0 Å². The van der Waals surface area contributed by atoms with E-state index in [1.54, 1.807) is 6.92 Å². The molecule has 12 heteroatoms. The molecule has 1 heterocycles. The third-order valence-corrected chi connectivity index (χ3v) is 2.10. The molecule has 132 valence electrons. The Bertz CT molecular complexity index is 530. The van der Waals surface area contributed by atoms with E-state index in [4.69, 9.17) is 15.6 Å². The normalized spacial score (nSPS) is 11.0. The summed E-state index contributed by atoms with van der Waals surface area (Å²) < 4.78 is 62.5. The topological polar surface area (TPSA) is 107 Å². The number of carboxylic acid groups (broad SMARTS) is 1. The molecule has 1 rings (SSSR count). The highest BCUT2D eigenvalue weighted by Gasteiger charge is 2.38. The maximum atomic E-state index is 12.6. The highest BCUT2D eigenvalue weighted by atomic mass is 19.4. The Hall–Kier alpha value is -2.24. The molecule has 0 aromatic carbocycles. The fraction of sp³-hybridized carbons (Fsp3) is 0.545. The summed E-state index contributed by atoms with van der Waals surface area (Å²) in [7, 11) is 0. The molecule has 0 aliphatic heterocycles. The van der Waals surface area contributed by atoms with Gasteiger partial charge in [0, 0.05) is 12.6 Å². The number of ether oxygens (including phenoxy) is 1. The van der Waals surface area contributed by atoms with Crippen molar-refractivity contribution < 1.29 is 41.4 Å². The van der Waals surface area contributed by atoms with E-state index in [9.17, 15) is 26.7 Å². The number of aromatic nitrogens is 2. The Kier molecular flexibility index (Phi) is 8.15. The molecule has 0 bridgehead atoms. The van der Waals surface area contributed by atoms with E-state index in [-0.39, 0.29) is 31.1 Å². The molecule has 0 atom stereocenters. The molecule has 23 heavy (non-hydrogen) atoms. The van der Waals surface area contributed by atoms with Crippen LogP contribution in [-0.4, -0.2) is 46.2 Å². The van der Waals surface area contributed by atoms with E-state index < -0.39 is 24.5 Å². The first-order chi connectivity index (χ1) is 10.5. The minimum absolute atomic E-state index is 0.120. The van der Waals surface area contributed by atoms with Crippen LogP contribution in [0.2, 0.25) is 0 Å². The van der Waals surface area contributed by atoms with Gasteiger partial charge in [-0.2, -0.15) is 18.3 Å². The van der Waals surface area contributed by atoms with Crippen LogP contribution in [0.25, 0.3) is 0 Å². The van der Waals surface area contributed by atoms with Crippen molar-refractivity contribution in [2.45, 2.75) is 26.1 Å². The van der Waals surface area contributed by atoms with Crippen LogP contribution in [-0.2, 0) is 16.1 Å². The lowest BCUT2D eigenvalue weighted by Crippen LogP contribution is -2.21. The molecule has 0 radical (unpaired) electrons. The highest BCUT2D eigenvalue weighted by molar-refractivity contribution is 5.87. The third kappa shape index (κ3) is 7.04. The van der Waals surface area contributed by atoms with Crippen LogP contribution in [0.3, 0.4) is 0 Å². The van der Waals surface area contributed by atoms with Gasteiger partial charge in [0.1, 0.15) is 5.69 Å². The van der Waals surface area contributed by atoms with Crippen LogP contribution in [0, 0.1) is 0 Å². The number of carbonyl (C=O) groups is 2. The number of carbonyl (C=O) groups excluding carboxylic acids is 1. The first-order valence-corrected chi connectivity index (χ1v) is 6.07. The second kappa shape index (κ2) is 9.02. The fourth-order valence-electron chi connectivity index (χ4n) is 1.21. The zero-order valence-electron chi connectivity index (χ0n) is 11.8. The molecule has 0 fully saturated rings. The molecule has 0 saturated heterocycles. The van der Waals surface area contributed by atoms with E-state index in [2.05, 4.69) is 9.84 Å². The van der Waals surface area contributed by atoms with Crippen molar-refractivity contribution in [1.82, 2.24) is 9.78 Å². The first kappa shape index (κ1) is 20.8. The third-order valence-electron chi connectivity index (χ3n) is 2.10. The molecule has 0 amide bonds. The van der Waals surface area contributed by atoms with Crippen LogP contribution in [0.15, 0.2) is 6.07 Å². The van der Waals surface area contributed by atoms with Crippen LogP contribution >= 0.6 is 0 Å². The second-order valence-corrected chi connectivity index (χ2v) is 3.79. The molecule has 1 aromatic heterocycles. The van der Waals surface area contributed by atoms with Crippen molar-refractivity contribution >= 4 is 11.9 Å². The van der Waals surface area contributed by atoms with Gasteiger partial charge in [0.25, 0.3) is 6.43 Å². The van der Waals surface area contributed by atoms with E-state index >= 15 is 0 Å². The van der Waals surface area contributed by atoms with Gasteiger partial charge in [0.15, 0.2) is 5.69 Å². The number of hydrogen-bond acceptors (Lipinski definition) is 5. The summed E-state index contributed by atoms with van der Waals surface area (Å²) in [6, 6.07) is 1.03. The standard InChI is InChI=1S/C9H13F2N3O2.C2HF3O2/c1-2-16-9(15)6-5-7(8(10)11)14(13-6)4-3-12;3-2(4,5)1(6)7/h5,8H,2-4,12H2,1H3;(H,6,7). The largest absolute Gasteiger partial charge is 0.490 e. The van der Waals surface area contributed by atoms with E-state index in [0.717, 1.165) is 10.7 Å². The second-order valence-electron chi connectivity index (χ2n) is 3.79. The average molecular weight is 347 g/mol. The number of nitrogens with zero attached hydrogens (tertiary/aromatic N) is 2. The van der Waals surface area contributed by atoms with Gasteiger partial charge in [-0.3, -0.25) is 4.68 Å². The number of nitrogens with two attached hydrogens (primary N) is 1. The quantitative estimate of drug-likeness (QED) is 0.619. The monoisotopic (exact) mass is 347 g/mol. The predicted octanol–water partition coefficient (Wildman–Crippen LogP) is 1.59. The lowest BCUT2D eigenvalue weighted by Gasteiger charge is -2.03. The highest BCUT2D eigenvalue weighted by Crippen LogP contribution is 2.20. The van der Waals surface area contributed by atoms with Crippen LogP contribution < -0.4 is 5.73 Å². The summed E-state index contributed by atoms with van der Waals surface area (Å²) in [5, 5.41) is 10.8. The lowest BCUT2D eigenvalue weighted by atomic mass is 10.3. The molecule has 0 saturated carbocycles. The lowest BCUT2D eigenvalue weighted by molar-refractivity contribution is -0.192. The minimum Gasteiger partial charge on any atom is -0.475 e. The Labute approximate surface area is 126 Å². The Balaban J connectivity index is 0.000000585. The number of esters is 1. The Morgan fingerprint density at radius 2 is 1.96 bits per heavy atom. The molecular weight excluding hydrogens is 333 g/mol. The molecule has 7 nitrogen and oxygen atoms in total. The maximum absolute atomic E-state index is 12.6. The predicted molar refractivity (Wildman–Crippen MR) is 65.9 cm³/mol. The molecule has 3 N–H and O–H groups in total. The van der Waals surface area contributed by atoms with Crippen LogP contribution in [0.1, 0.15) is 29.5 Å².